The van der Waals surface area contributed by atoms with Crippen molar-refractivity contribution in [2.45, 2.75) is 70.8 Å². The molecule has 1 aliphatic rings. The summed E-state index contributed by atoms with van der Waals surface area (Å²) in [5.74, 6) is 0.790. The van der Waals surface area contributed by atoms with Crippen molar-refractivity contribution < 1.29 is 0 Å². The summed E-state index contributed by atoms with van der Waals surface area (Å²) in [5, 5.41) is 0. The smallest absolute Gasteiger partial charge is 0.00415 e. The SMILES string of the molecule is CC(C)(C)c1ccc(CC2CCCCC(N)C2)cc1. The van der Waals surface area contributed by atoms with Gasteiger partial charge in [0.2, 0.25) is 0 Å². The third kappa shape index (κ3) is 4.35. The Hall–Kier alpha value is -0.820. The minimum absolute atomic E-state index is 0.253. The Labute approximate surface area is 118 Å². The number of nitrogens with two attached hydrogens (primary N) is 1. The fraction of sp³-hybridized carbons (Fsp3) is 0.667. The van der Waals surface area contributed by atoms with Gasteiger partial charge in [-0.1, -0.05) is 64.3 Å². The largest absolute Gasteiger partial charge is 0.328 e. The second kappa shape index (κ2) is 6.09. The molecule has 0 radical (unpaired) electrons. The Kier molecular flexibility index (Phi) is 4.67. The van der Waals surface area contributed by atoms with E-state index < -0.39 is 0 Å². The van der Waals surface area contributed by atoms with E-state index in [0.717, 1.165) is 5.92 Å². The third-order valence-electron chi connectivity index (χ3n) is 4.42. The molecule has 1 aliphatic carbocycles. The number of rotatable bonds is 2. The summed E-state index contributed by atoms with van der Waals surface area (Å²) in [5.41, 5.74) is 9.32. The predicted octanol–water partition coefficient (Wildman–Crippen LogP) is 4.43. The molecule has 2 rings (SSSR count). The number of benzene rings is 1. The molecule has 1 heteroatoms. The highest BCUT2D eigenvalue weighted by Crippen LogP contribution is 2.27. The zero-order chi connectivity index (χ0) is 13.9. The maximum atomic E-state index is 6.16. The van der Waals surface area contributed by atoms with Crippen molar-refractivity contribution in [3.05, 3.63) is 35.4 Å². The molecule has 1 nitrogen and oxygen atoms in total. The van der Waals surface area contributed by atoms with Crippen molar-refractivity contribution >= 4 is 0 Å². The molecule has 2 unspecified atom stereocenters. The first-order chi connectivity index (χ1) is 8.95. The maximum absolute atomic E-state index is 6.16. The van der Waals surface area contributed by atoms with Gasteiger partial charge in [-0.25, -0.2) is 0 Å². The lowest BCUT2D eigenvalue weighted by atomic mass is 9.85. The van der Waals surface area contributed by atoms with Crippen molar-refractivity contribution in [1.82, 2.24) is 0 Å². The van der Waals surface area contributed by atoms with Crippen molar-refractivity contribution in [1.29, 1.82) is 0 Å². The summed E-state index contributed by atoms with van der Waals surface area (Å²) in [6.07, 6.45) is 7.67. The molecule has 0 bridgehead atoms. The van der Waals surface area contributed by atoms with Gasteiger partial charge in [-0.3, -0.25) is 0 Å². The normalized spacial score (nSPS) is 25.1. The maximum Gasteiger partial charge on any atom is 0.00415 e. The van der Waals surface area contributed by atoms with Crippen molar-refractivity contribution in [3.63, 3.8) is 0 Å². The van der Waals surface area contributed by atoms with Gasteiger partial charge in [0.15, 0.2) is 0 Å². The molecule has 1 aromatic rings. The molecule has 0 aromatic heterocycles. The van der Waals surface area contributed by atoms with E-state index >= 15 is 0 Å². The van der Waals surface area contributed by atoms with Crippen LogP contribution in [0.25, 0.3) is 0 Å². The van der Waals surface area contributed by atoms with Gasteiger partial charge in [-0.2, -0.15) is 0 Å². The van der Waals surface area contributed by atoms with E-state index in [1.165, 1.54) is 49.7 Å². The Bertz CT molecular complexity index is 385. The van der Waals surface area contributed by atoms with Crippen LogP contribution in [0, 0.1) is 5.92 Å². The van der Waals surface area contributed by atoms with Gasteiger partial charge in [-0.15, -0.1) is 0 Å². The van der Waals surface area contributed by atoms with Crippen LogP contribution >= 0.6 is 0 Å². The number of hydrogen-bond donors (Lipinski definition) is 1. The van der Waals surface area contributed by atoms with E-state index in [4.69, 9.17) is 5.73 Å². The monoisotopic (exact) mass is 259 g/mol. The zero-order valence-corrected chi connectivity index (χ0v) is 12.8. The van der Waals surface area contributed by atoms with Crippen LogP contribution in [0.2, 0.25) is 0 Å². The van der Waals surface area contributed by atoms with Crippen LogP contribution in [0.1, 0.15) is 64.0 Å². The standard InChI is InChI=1S/C18H29N/c1-18(2,3)16-10-8-14(9-11-16)12-15-6-4-5-7-17(19)13-15/h8-11,15,17H,4-7,12-13,19H2,1-3H3. The predicted molar refractivity (Wildman–Crippen MR) is 83.4 cm³/mol. The first kappa shape index (κ1) is 14.6. The number of hydrogen-bond acceptors (Lipinski definition) is 1. The summed E-state index contributed by atoms with van der Waals surface area (Å²) in [7, 11) is 0. The topological polar surface area (TPSA) is 26.0 Å². The Morgan fingerprint density at radius 2 is 1.68 bits per heavy atom. The fourth-order valence-corrected chi connectivity index (χ4v) is 3.16. The molecule has 0 spiro atoms. The van der Waals surface area contributed by atoms with Crippen molar-refractivity contribution in [3.8, 4) is 0 Å². The van der Waals surface area contributed by atoms with Crippen molar-refractivity contribution in [2.75, 3.05) is 0 Å². The third-order valence-corrected chi connectivity index (χ3v) is 4.42. The first-order valence-corrected chi connectivity index (χ1v) is 7.80. The molecule has 1 saturated carbocycles. The quantitative estimate of drug-likeness (QED) is 0.781. The van der Waals surface area contributed by atoms with Crippen LogP contribution in [0.15, 0.2) is 24.3 Å². The second-order valence-electron chi connectivity index (χ2n) is 7.30. The van der Waals surface area contributed by atoms with Gasteiger partial charge >= 0.3 is 0 Å². The molecule has 0 amide bonds. The Morgan fingerprint density at radius 3 is 2.32 bits per heavy atom. The van der Waals surface area contributed by atoms with Gasteiger partial charge < -0.3 is 5.73 Å². The minimum Gasteiger partial charge on any atom is -0.328 e. The highest BCUT2D eigenvalue weighted by Gasteiger charge is 2.18. The lowest BCUT2D eigenvalue weighted by Gasteiger charge is -2.20. The summed E-state index contributed by atoms with van der Waals surface area (Å²) in [4.78, 5) is 0. The average Bonchev–Trinajstić information content (AvgIpc) is 2.53. The van der Waals surface area contributed by atoms with Gasteiger partial charge in [0.25, 0.3) is 0 Å². The van der Waals surface area contributed by atoms with Gasteiger partial charge in [0.1, 0.15) is 0 Å². The minimum atomic E-state index is 0.253. The molecular weight excluding hydrogens is 230 g/mol. The van der Waals surface area contributed by atoms with Gasteiger partial charge in [0, 0.05) is 6.04 Å². The summed E-state index contributed by atoms with van der Waals surface area (Å²) >= 11 is 0. The van der Waals surface area contributed by atoms with Crippen LogP contribution < -0.4 is 5.73 Å². The highest BCUT2D eigenvalue weighted by molar-refractivity contribution is 5.27. The fourth-order valence-electron chi connectivity index (χ4n) is 3.16. The van der Waals surface area contributed by atoms with Gasteiger partial charge in [-0.05, 0) is 41.7 Å². The van der Waals surface area contributed by atoms with E-state index in [9.17, 15) is 0 Å². The zero-order valence-electron chi connectivity index (χ0n) is 12.8. The molecule has 106 valence electrons. The first-order valence-electron chi connectivity index (χ1n) is 7.80. The van der Waals surface area contributed by atoms with E-state index in [1.54, 1.807) is 0 Å². The van der Waals surface area contributed by atoms with Crippen LogP contribution in [-0.4, -0.2) is 6.04 Å². The molecular formula is C18H29N. The van der Waals surface area contributed by atoms with Crippen molar-refractivity contribution in [2.24, 2.45) is 11.7 Å². The Morgan fingerprint density at radius 1 is 1.05 bits per heavy atom. The van der Waals surface area contributed by atoms with E-state index in [2.05, 4.69) is 45.0 Å². The van der Waals surface area contributed by atoms with Gasteiger partial charge in [0.05, 0.1) is 0 Å². The molecule has 0 heterocycles. The molecule has 19 heavy (non-hydrogen) atoms. The summed E-state index contributed by atoms with van der Waals surface area (Å²) in [6, 6.07) is 9.66. The molecule has 0 aliphatic heterocycles. The van der Waals surface area contributed by atoms with Crippen LogP contribution in [0.3, 0.4) is 0 Å². The summed E-state index contributed by atoms with van der Waals surface area (Å²) < 4.78 is 0. The summed E-state index contributed by atoms with van der Waals surface area (Å²) in [6.45, 7) is 6.81. The van der Waals surface area contributed by atoms with E-state index in [-0.39, 0.29) is 5.41 Å². The molecule has 1 fully saturated rings. The molecule has 0 saturated heterocycles. The average molecular weight is 259 g/mol. The van der Waals surface area contributed by atoms with E-state index in [0.29, 0.717) is 6.04 Å². The Balaban J connectivity index is 1.99. The lowest BCUT2D eigenvalue weighted by Crippen LogP contribution is -2.22. The van der Waals surface area contributed by atoms with E-state index in [1.807, 2.05) is 0 Å². The molecule has 2 N–H and O–H groups in total. The highest BCUT2D eigenvalue weighted by atomic mass is 14.6. The van der Waals surface area contributed by atoms with Crippen LogP contribution in [-0.2, 0) is 11.8 Å². The van der Waals surface area contributed by atoms with Crippen LogP contribution in [0.5, 0.6) is 0 Å². The molecule has 1 aromatic carbocycles. The van der Waals surface area contributed by atoms with Crippen LogP contribution in [0.4, 0.5) is 0 Å². The lowest BCUT2D eigenvalue weighted by molar-refractivity contribution is 0.431. The molecule has 2 atom stereocenters. The second-order valence-corrected chi connectivity index (χ2v) is 7.30.